The minimum Gasteiger partial charge on any atom is -0.379 e. The highest BCUT2D eigenvalue weighted by atomic mass is 19.4. The number of aromatic nitrogens is 4. The fourth-order valence-corrected chi connectivity index (χ4v) is 3.12. The van der Waals surface area contributed by atoms with Gasteiger partial charge in [0.05, 0.1) is 6.10 Å². The molecule has 2 atom stereocenters. The van der Waals surface area contributed by atoms with Crippen LogP contribution < -0.4 is 4.90 Å². The molecule has 0 radical (unpaired) electrons. The molecule has 1 aliphatic heterocycles. The van der Waals surface area contributed by atoms with E-state index >= 15 is 0 Å². The van der Waals surface area contributed by atoms with Crippen molar-refractivity contribution in [1.82, 2.24) is 19.8 Å². The van der Waals surface area contributed by atoms with Gasteiger partial charge >= 0.3 is 6.18 Å². The number of nitrogens with zero attached hydrogens (tertiary/aromatic N) is 5. The first-order valence-electron chi connectivity index (χ1n) is 7.81. The second kappa shape index (κ2) is 5.87. The molecule has 0 spiro atoms. The van der Waals surface area contributed by atoms with Gasteiger partial charge in [-0.2, -0.15) is 17.7 Å². The van der Waals surface area contributed by atoms with Gasteiger partial charge in [0.15, 0.2) is 11.5 Å². The van der Waals surface area contributed by atoms with Gasteiger partial charge in [0, 0.05) is 31.3 Å². The lowest BCUT2D eigenvalue weighted by Gasteiger charge is -2.37. The maximum absolute atomic E-state index is 13.1. The van der Waals surface area contributed by atoms with Gasteiger partial charge in [-0.05, 0) is 26.2 Å². The Kier molecular flexibility index (Phi) is 4.15. The van der Waals surface area contributed by atoms with E-state index in [0.717, 1.165) is 23.0 Å². The molecule has 1 aliphatic rings. The molecular weight excluding hydrogens is 323 g/mol. The molecule has 132 valence electrons. The molecule has 0 aromatic carbocycles. The van der Waals surface area contributed by atoms with Crippen LogP contribution in [-0.4, -0.2) is 46.1 Å². The predicted molar refractivity (Wildman–Crippen MR) is 82.0 cm³/mol. The quantitative estimate of drug-likeness (QED) is 0.839. The van der Waals surface area contributed by atoms with E-state index in [1.165, 1.54) is 0 Å². The zero-order chi connectivity index (χ0) is 17.6. The average Bonchev–Trinajstić information content (AvgIpc) is 2.95. The summed E-state index contributed by atoms with van der Waals surface area (Å²) in [5.74, 6) is -0.174. The van der Waals surface area contributed by atoms with Crippen LogP contribution in [0.15, 0.2) is 0 Å². The average molecular weight is 343 g/mol. The maximum Gasteiger partial charge on any atom is 0.453 e. The summed E-state index contributed by atoms with van der Waals surface area (Å²) in [6.45, 7) is 7.02. The lowest BCUT2D eigenvalue weighted by atomic mass is 9.95. The number of hydrogen-bond donors (Lipinski definition) is 0. The highest BCUT2D eigenvalue weighted by Crippen LogP contribution is 2.32. The Balaban J connectivity index is 2.09. The first-order chi connectivity index (χ1) is 11.2. The number of fused-ring (bicyclic) bond motifs is 1. The summed E-state index contributed by atoms with van der Waals surface area (Å²) in [6, 6.07) is 0. The third-order valence-electron chi connectivity index (χ3n) is 4.81. The van der Waals surface area contributed by atoms with Gasteiger partial charge < -0.3 is 9.64 Å². The summed E-state index contributed by atoms with van der Waals surface area (Å²) in [5, 5.41) is 11.2. The van der Waals surface area contributed by atoms with E-state index < -0.39 is 12.0 Å². The van der Waals surface area contributed by atoms with Gasteiger partial charge in [-0.25, -0.2) is 0 Å². The predicted octanol–water partition coefficient (Wildman–Crippen LogP) is 2.62. The highest BCUT2D eigenvalue weighted by Gasteiger charge is 2.38. The lowest BCUT2D eigenvalue weighted by molar-refractivity contribution is -0.146. The molecule has 0 bridgehead atoms. The zero-order valence-corrected chi connectivity index (χ0v) is 14.1. The lowest BCUT2D eigenvalue weighted by Crippen LogP contribution is -2.44. The number of aryl methyl sites for hydroxylation is 1. The van der Waals surface area contributed by atoms with Gasteiger partial charge in [-0.15, -0.1) is 15.3 Å². The number of anilines is 1. The van der Waals surface area contributed by atoms with Gasteiger partial charge in [-0.1, -0.05) is 6.92 Å². The first-order valence-corrected chi connectivity index (χ1v) is 7.81. The molecule has 9 heteroatoms. The summed E-state index contributed by atoms with van der Waals surface area (Å²) in [7, 11) is 1.65. The van der Waals surface area contributed by atoms with E-state index in [-0.39, 0.29) is 11.8 Å². The van der Waals surface area contributed by atoms with E-state index in [0.29, 0.717) is 23.8 Å². The van der Waals surface area contributed by atoms with Crippen LogP contribution in [-0.2, 0) is 10.9 Å². The number of rotatable bonds is 2. The van der Waals surface area contributed by atoms with Crippen molar-refractivity contribution in [2.75, 3.05) is 25.1 Å². The fraction of sp³-hybridized carbons (Fsp3) is 0.667. The van der Waals surface area contributed by atoms with Gasteiger partial charge in [0.25, 0.3) is 5.82 Å². The third-order valence-corrected chi connectivity index (χ3v) is 4.81. The van der Waals surface area contributed by atoms with Crippen molar-refractivity contribution in [3.8, 4) is 0 Å². The van der Waals surface area contributed by atoms with Crippen LogP contribution in [0.5, 0.6) is 0 Å². The van der Waals surface area contributed by atoms with Crippen LogP contribution in [0.1, 0.15) is 30.3 Å². The number of methoxy groups -OCH3 is 1. The van der Waals surface area contributed by atoms with Crippen molar-refractivity contribution in [3.63, 3.8) is 0 Å². The van der Waals surface area contributed by atoms with Crippen LogP contribution in [0.2, 0.25) is 0 Å². The Labute approximate surface area is 137 Å². The Bertz CT molecular complexity index is 758. The molecule has 3 heterocycles. The van der Waals surface area contributed by atoms with E-state index in [1.807, 2.05) is 11.8 Å². The van der Waals surface area contributed by atoms with Crippen molar-refractivity contribution in [3.05, 3.63) is 17.0 Å². The monoisotopic (exact) mass is 343 g/mol. The fourth-order valence-electron chi connectivity index (χ4n) is 3.12. The second-order valence-corrected chi connectivity index (χ2v) is 6.32. The molecule has 2 unspecified atom stereocenters. The summed E-state index contributed by atoms with van der Waals surface area (Å²) in [5.41, 5.74) is 1.60. The standard InChI is InChI=1S/C15H20F3N5O/c1-8-5-6-22(7-11(8)24-4)13-10(3)9(2)12-19-20-14(15(16,17)18)23(12)21-13/h8,11H,5-7H2,1-4H3. The Morgan fingerprint density at radius 2 is 1.88 bits per heavy atom. The normalized spacial score (nSPS) is 22.4. The zero-order valence-electron chi connectivity index (χ0n) is 14.1. The van der Waals surface area contributed by atoms with Crippen LogP contribution in [0.3, 0.4) is 0 Å². The number of piperidine rings is 1. The van der Waals surface area contributed by atoms with E-state index in [4.69, 9.17) is 4.74 Å². The Morgan fingerprint density at radius 3 is 2.50 bits per heavy atom. The highest BCUT2D eigenvalue weighted by molar-refractivity contribution is 5.59. The first kappa shape index (κ1) is 16.9. The van der Waals surface area contributed by atoms with Gasteiger partial charge in [-0.3, -0.25) is 0 Å². The number of hydrogen-bond acceptors (Lipinski definition) is 5. The smallest absolute Gasteiger partial charge is 0.379 e. The summed E-state index contributed by atoms with van der Waals surface area (Å²) in [4.78, 5) is 1.98. The molecule has 3 rings (SSSR count). The summed E-state index contributed by atoms with van der Waals surface area (Å²) < 4.78 is 45.7. The van der Waals surface area contributed by atoms with Crippen molar-refractivity contribution < 1.29 is 17.9 Å². The van der Waals surface area contributed by atoms with Crippen molar-refractivity contribution >= 4 is 11.5 Å². The van der Waals surface area contributed by atoms with Crippen molar-refractivity contribution in [1.29, 1.82) is 0 Å². The van der Waals surface area contributed by atoms with Crippen molar-refractivity contribution in [2.24, 2.45) is 5.92 Å². The van der Waals surface area contributed by atoms with Gasteiger partial charge in [0.2, 0.25) is 0 Å². The Hall–Kier alpha value is -1.90. The van der Waals surface area contributed by atoms with E-state index in [9.17, 15) is 13.2 Å². The molecule has 24 heavy (non-hydrogen) atoms. The maximum atomic E-state index is 13.1. The molecule has 1 fully saturated rings. The van der Waals surface area contributed by atoms with E-state index in [1.54, 1.807) is 14.0 Å². The van der Waals surface area contributed by atoms with Crippen LogP contribution in [0, 0.1) is 19.8 Å². The topological polar surface area (TPSA) is 55.5 Å². The molecule has 0 aliphatic carbocycles. The second-order valence-electron chi connectivity index (χ2n) is 6.32. The molecular formula is C15H20F3N5O. The van der Waals surface area contributed by atoms with Crippen molar-refractivity contribution in [2.45, 2.75) is 39.5 Å². The number of alkyl halides is 3. The molecule has 0 amide bonds. The van der Waals surface area contributed by atoms with Crippen LogP contribution in [0.4, 0.5) is 19.0 Å². The molecule has 2 aromatic heterocycles. The molecule has 6 nitrogen and oxygen atoms in total. The minimum absolute atomic E-state index is 0.0268. The largest absolute Gasteiger partial charge is 0.453 e. The molecule has 0 saturated carbocycles. The summed E-state index contributed by atoms with van der Waals surface area (Å²) in [6.07, 6.45) is -3.68. The minimum atomic E-state index is -4.60. The van der Waals surface area contributed by atoms with Gasteiger partial charge in [0.1, 0.15) is 0 Å². The molecule has 1 saturated heterocycles. The van der Waals surface area contributed by atoms with E-state index in [2.05, 4.69) is 22.2 Å². The SMILES string of the molecule is COC1CN(c2nn3c(C(F)(F)F)nnc3c(C)c2C)CCC1C. The van der Waals surface area contributed by atoms with Crippen LogP contribution in [0.25, 0.3) is 5.65 Å². The summed E-state index contributed by atoms with van der Waals surface area (Å²) >= 11 is 0. The van der Waals surface area contributed by atoms with Crippen LogP contribution >= 0.6 is 0 Å². The third kappa shape index (κ3) is 2.70. The molecule has 2 aromatic rings. The Morgan fingerprint density at radius 1 is 1.17 bits per heavy atom. The molecule has 0 N–H and O–H groups in total. The number of ether oxygens (including phenoxy) is 1. The number of halogens is 3.